The monoisotopic (exact) mass is 379 g/mol. The Hall–Kier alpha value is -2.26. The van der Waals surface area contributed by atoms with E-state index in [0.717, 1.165) is 6.07 Å². The number of carbonyl (C=O) groups is 1. The number of hydrogen-bond acceptors (Lipinski definition) is 5. The molecule has 1 atom stereocenters. The van der Waals surface area contributed by atoms with Crippen LogP contribution in [-0.4, -0.2) is 36.9 Å². The van der Waals surface area contributed by atoms with Gasteiger partial charge in [-0.05, 0) is 43.5 Å². The summed E-state index contributed by atoms with van der Waals surface area (Å²) in [6.07, 6.45) is 1.73. The van der Waals surface area contributed by atoms with Gasteiger partial charge in [-0.1, -0.05) is 5.16 Å². The molecular formula is C17H18FN3O4S. The second-order valence-corrected chi connectivity index (χ2v) is 8.41. The Morgan fingerprint density at radius 2 is 2.19 bits per heavy atom. The lowest BCUT2D eigenvalue weighted by molar-refractivity contribution is 0.0940. The number of sulfonamides is 1. The van der Waals surface area contributed by atoms with E-state index in [-0.39, 0.29) is 10.8 Å². The van der Waals surface area contributed by atoms with Crippen molar-refractivity contribution in [2.24, 2.45) is 0 Å². The maximum Gasteiger partial charge on any atom is 0.256 e. The molecule has 7 nitrogen and oxygen atoms in total. The molecule has 1 fully saturated rings. The van der Waals surface area contributed by atoms with Gasteiger partial charge >= 0.3 is 0 Å². The summed E-state index contributed by atoms with van der Waals surface area (Å²) in [5.41, 5.74) is 1.05. The summed E-state index contributed by atoms with van der Waals surface area (Å²) in [4.78, 5) is 12.3. The maximum atomic E-state index is 13.4. The summed E-state index contributed by atoms with van der Waals surface area (Å²) in [6, 6.07) is 3.04. The quantitative estimate of drug-likeness (QED) is 0.880. The number of aromatic nitrogens is 1. The number of aryl methyl sites for hydroxylation is 1. The third-order valence-electron chi connectivity index (χ3n) is 4.90. The van der Waals surface area contributed by atoms with E-state index in [2.05, 4.69) is 10.5 Å². The van der Waals surface area contributed by atoms with Crippen LogP contribution in [0.5, 0.6) is 0 Å². The van der Waals surface area contributed by atoms with Crippen LogP contribution in [0.15, 0.2) is 27.6 Å². The first-order chi connectivity index (χ1) is 12.4. The Kier molecular flexibility index (Phi) is 4.07. The molecule has 1 saturated heterocycles. The first-order valence-electron chi connectivity index (χ1n) is 8.44. The van der Waals surface area contributed by atoms with E-state index >= 15 is 0 Å². The van der Waals surface area contributed by atoms with Gasteiger partial charge in [0, 0.05) is 19.5 Å². The Balaban J connectivity index is 1.76. The summed E-state index contributed by atoms with van der Waals surface area (Å²) in [5, 5.41) is 6.76. The molecule has 0 radical (unpaired) electrons. The van der Waals surface area contributed by atoms with Crippen molar-refractivity contribution in [3.05, 3.63) is 46.6 Å². The molecule has 0 aliphatic carbocycles. The number of halogens is 1. The van der Waals surface area contributed by atoms with Crippen LogP contribution in [0.4, 0.5) is 4.39 Å². The molecule has 1 N–H and O–H groups in total. The van der Waals surface area contributed by atoms with Gasteiger partial charge in [0.25, 0.3) is 5.91 Å². The van der Waals surface area contributed by atoms with Crippen molar-refractivity contribution in [1.29, 1.82) is 0 Å². The van der Waals surface area contributed by atoms with Crippen LogP contribution in [0.25, 0.3) is 0 Å². The Morgan fingerprint density at radius 3 is 2.96 bits per heavy atom. The van der Waals surface area contributed by atoms with E-state index in [1.807, 2.05) is 0 Å². The Bertz CT molecular complexity index is 986. The lowest BCUT2D eigenvalue weighted by Crippen LogP contribution is -2.35. The van der Waals surface area contributed by atoms with E-state index in [9.17, 15) is 17.6 Å². The molecule has 1 aromatic heterocycles. The topological polar surface area (TPSA) is 92.5 Å². The molecule has 1 aromatic carbocycles. The van der Waals surface area contributed by atoms with Crippen LogP contribution < -0.4 is 5.32 Å². The summed E-state index contributed by atoms with van der Waals surface area (Å²) in [7, 11) is -3.85. The van der Waals surface area contributed by atoms with Gasteiger partial charge in [-0.25, -0.2) is 12.8 Å². The van der Waals surface area contributed by atoms with Gasteiger partial charge in [-0.3, -0.25) is 4.79 Å². The molecule has 0 saturated carbocycles. The maximum absolute atomic E-state index is 13.4. The second kappa shape index (κ2) is 6.17. The van der Waals surface area contributed by atoms with Crippen LogP contribution in [0, 0.1) is 12.7 Å². The minimum absolute atomic E-state index is 0.0626. The van der Waals surface area contributed by atoms with E-state index in [0.29, 0.717) is 54.9 Å². The fourth-order valence-electron chi connectivity index (χ4n) is 3.69. The number of rotatable bonds is 3. The van der Waals surface area contributed by atoms with Crippen molar-refractivity contribution < 1.29 is 22.1 Å². The predicted octanol–water partition coefficient (Wildman–Crippen LogP) is 1.93. The van der Waals surface area contributed by atoms with E-state index in [1.165, 1.54) is 16.4 Å². The van der Waals surface area contributed by atoms with Crippen LogP contribution in [0.2, 0.25) is 0 Å². The van der Waals surface area contributed by atoms with Gasteiger partial charge < -0.3 is 9.84 Å². The van der Waals surface area contributed by atoms with Gasteiger partial charge in [0.15, 0.2) is 5.76 Å². The van der Waals surface area contributed by atoms with E-state index in [1.54, 1.807) is 6.92 Å². The fourth-order valence-corrected chi connectivity index (χ4v) is 5.56. The number of benzene rings is 1. The van der Waals surface area contributed by atoms with Crippen molar-refractivity contribution in [1.82, 2.24) is 14.8 Å². The second-order valence-electron chi connectivity index (χ2n) is 6.56. The van der Waals surface area contributed by atoms with Crippen LogP contribution in [0.1, 0.15) is 46.3 Å². The standard InChI is InChI=1S/C17H18FN3O4S/c1-10-9-11(18)4-5-14(10)26(23,24)21-8-2-3-12(21)16-15-13(25-20-16)6-7-19-17(15)22/h4-5,9,12H,2-3,6-8H2,1H3,(H,19,22). The molecule has 1 amide bonds. The van der Waals surface area contributed by atoms with E-state index < -0.39 is 21.9 Å². The average Bonchev–Trinajstić information content (AvgIpc) is 3.21. The minimum Gasteiger partial charge on any atom is -0.360 e. The fraction of sp³-hybridized carbons (Fsp3) is 0.412. The molecule has 2 aliphatic heterocycles. The van der Waals surface area contributed by atoms with Gasteiger partial charge in [0.05, 0.1) is 10.9 Å². The molecule has 0 spiro atoms. The molecule has 0 bridgehead atoms. The number of nitrogens with zero attached hydrogens (tertiary/aromatic N) is 2. The zero-order valence-electron chi connectivity index (χ0n) is 14.2. The Morgan fingerprint density at radius 1 is 1.38 bits per heavy atom. The lowest BCUT2D eigenvalue weighted by Gasteiger charge is -2.24. The van der Waals surface area contributed by atoms with E-state index in [4.69, 9.17) is 4.52 Å². The molecule has 138 valence electrons. The molecular weight excluding hydrogens is 361 g/mol. The number of nitrogens with one attached hydrogen (secondary N) is 1. The van der Waals surface area contributed by atoms with Gasteiger partial charge in [-0.15, -0.1) is 0 Å². The van der Waals surface area contributed by atoms with Crippen LogP contribution in [0.3, 0.4) is 0 Å². The zero-order chi connectivity index (χ0) is 18.5. The molecule has 1 unspecified atom stereocenters. The van der Waals surface area contributed by atoms with Gasteiger partial charge in [0.1, 0.15) is 17.1 Å². The first-order valence-corrected chi connectivity index (χ1v) is 9.88. The molecule has 2 aliphatic rings. The highest BCUT2D eigenvalue weighted by atomic mass is 32.2. The highest BCUT2D eigenvalue weighted by molar-refractivity contribution is 7.89. The van der Waals surface area contributed by atoms with Crippen LogP contribution in [-0.2, 0) is 16.4 Å². The minimum atomic E-state index is -3.85. The highest BCUT2D eigenvalue weighted by Gasteiger charge is 2.41. The SMILES string of the molecule is Cc1cc(F)ccc1S(=O)(=O)N1CCCC1c1noc2c1C(=O)NCC2. The summed E-state index contributed by atoms with van der Waals surface area (Å²) in [5.74, 6) is -0.280. The summed E-state index contributed by atoms with van der Waals surface area (Å²) >= 11 is 0. The Labute approximate surface area is 150 Å². The van der Waals surface area contributed by atoms with Crippen LogP contribution >= 0.6 is 0 Å². The number of hydrogen-bond donors (Lipinski definition) is 1. The molecule has 2 aromatic rings. The summed E-state index contributed by atoms with van der Waals surface area (Å²) in [6.45, 7) is 2.35. The van der Waals surface area contributed by atoms with Crippen molar-refractivity contribution in [2.75, 3.05) is 13.1 Å². The van der Waals surface area contributed by atoms with Crippen molar-refractivity contribution >= 4 is 15.9 Å². The molecule has 3 heterocycles. The molecule has 26 heavy (non-hydrogen) atoms. The first kappa shape index (κ1) is 17.2. The third-order valence-corrected chi connectivity index (χ3v) is 6.97. The number of carbonyl (C=O) groups excluding carboxylic acids is 1. The smallest absolute Gasteiger partial charge is 0.256 e. The third kappa shape index (κ3) is 2.62. The van der Waals surface area contributed by atoms with Gasteiger partial charge in [0.2, 0.25) is 10.0 Å². The number of fused-ring (bicyclic) bond motifs is 1. The molecule has 9 heteroatoms. The molecule has 4 rings (SSSR count). The number of amides is 1. The van der Waals surface area contributed by atoms with Crippen molar-refractivity contribution in [3.63, 3.8) is 0 Å². The van der Waals surface area contributed by atoms with Crippen molar-refractivity contribution in [3.8, 4) is 0 Å². The summed E-state index contributed by atoms with van der Waals surface area (Å²) < 4.78 is 46.3. The van der Waals surface area contributed by atoms with Gasteiger partial charge in [-0.2, -0.15) is 4.31 Å². The zero-order valence-corrected chi connectivity index (χ0v) is 15.0. The average molecular weight is 379 g/mol. The highest BCUT2D eigenvalue weighted by Crippen LogP contribution is 2.39. The van der Waals surface area contributed by atoms with Crippen molar-refractivity contribution in [2.45, 2.75) is 37.1 Å². The largest absolute Gasteiger partial charge is 0.360 e. The lowest BCUT2D eigenvalue weighted by atomic mass is 10.0. The normalized spacial score (nSPS) is 20.8. The predicted molar refractivity (Wildman–Crippen MR) is 89.5 cm³/mol.